The van der Waals surface area contributed by atoms with Crippen molar-refractivity contribution in [2.24, 2.45) is 5.92 Å². The molecule has 1 aromatic rings. The number of amides is 1. The number of carbonyl (C=O) groups is 1. The van der Waals surface area contributed by atoms with Crippen LogP contribution in [0.4, 0.5) is 5.82 Å². The molecule has 1 aliphatic rings. The molecule has 2 atom stereocenters. The number of carbonyl (C=O) groups excluding carboxylic acids is 1. The van der Waals surface area contributed by atoms with Crippen LogP contribution < -0.4 is 10.6 Å². The topological polar surface area (TPSA) is 54.0 Å². The molecule has 0 spiro atoms. The van der Waals surface area contributed by atoms with Gasteiger partial charge in [-0.25, -0.2) is 4.98 Å². The van der Waals surface area contributed by atoms with Crippen molar-refractivity contribution in [3.8, 4) is 0 Å². The third kappa shape index (κ3) is 3.85. The Labute approximate surface area is 125 Å². The van der Waals surface area contributed by atoms with Gasteiger partial charge < -0.3 is 10.6 Å². The lowest BCUT2D eigenvalue weighted by Crippen LogP contribution is -2.34. The van der Waals surface area contributed by atoms with Gasteiger partial charge >= 0.3 is 0 Å². The lowest BCUT2D eigenvalue weighted by Gasteiger charge is -2.16. The van der Waals surface area contributed by atoms with Crippen molar-refractivity contribution in [2.45, 2.75) is 45.1 Å². The van der Waals surface area contributed by atoms with Gasteiger partial charge in [-0.05, 0) is 31.2 Å². The lowest BCUT2D eigenvalue weighted by molar-refractivity contribution is 0.0933. The van der Waals surface area contributed by atoms with Crippen molar-refractivity contribution >= 4 is 23.3 Å². The minimum Gasteiger partial charge on any atom is -0.372 e. The molecule has 0 bridgehead atoms. The molecule has 1 fully saturated rings. The third-order valence-electron chi connectivity index (χ3n) is 3.93. The summed E-state index contributed by atoms with van der Waals surface area (Å²) in [7, 11) is 1.75. The van der Waals surface area contributed by atoms with Gasteiger partial charge in [0, 0.05) is 19.3 Å². The number of nitrogens with zero attached hydrogens (tertiary/aromatic N) is 1. The van der Waals surface area contributed by atoms with Crippen LogP contribution in [0.1, 0.15) is 49.4 Å². The average molecular weight is 296 g/mol. The first-order valence-corrected chi connectivity index (χ1v) is 7.62. The Morgan fingerprint density at radius 1 is 1.35 bits per heavy atom. The Morgan fingerprint density at radius 2 is 2.15 bits per heavy atom. The van der Waals surface area contributed by atoms with Crippen molar-refractivity contribution in [3.05, 3.63) is 22.8 Å². The number of hydrogen-bond acceptors (Lipinski definition) is 3. The molecule has 0 saturated heterocycles. The summed E-state index contributed by atoms with van der Waals surface area (Å²) in [5, 5.41) is 6.45. The lowest BCUT2D eigenvalue weighted by atomic mass is 10.0. The van der Waals surface area contributed by atoms with Crippen molar-refractivity contribution in [3.63, 3.8) is 0 Å². The number of hydrogen-bond donors (Lipinski definition) is 2. The number of anilines is 1. The van der Waals surface area contributed by atoms with E-state index >= 15 is 0 Å². The van der Waals surface area contributed by atoms with E-state index in [9.17, 15) is 4.79 Å². The van der Waals surface area contributed by atoms with Crippen LogP contribution in [0.15, 0.2) is 12.3 Å². The Hall–Kier alpha value is -1.29. The van der Waals surface area contributed by atoms with Gasteiger partial charge in [0.15, 0.2) is 0 Å². The summed E-state index contributed by atoms with van der Waals surface area (Å²) in [4.78, 5) is 16.4. The Kier molecular flexibility index (Phi) is 5.24. The van der Waals surface area contributed by atoms with Crippen LogP contribution in [0.5, 0.6) is 0 Å². The molecule has 5 heteroatoms. The SMILES string of the molecule is CNc1ncc(C(=O)NC2CCCC(C)CC2)cc1Cl. The van der Waals surface area contributed by atoms with Crippen molar-refractivity contribution in [1.82, 2.24) is 10.3 Å². The normalized spacial score (nSPS) is 22.9. The van der Waals surface area contributed by atoms with Gasteiger partial charge in [-0.15, -0.1) is 0 Å². The van der Waals surface area contributed by atoms with Crippen LogP contribution in [-0.2, 0) is 0 Å². The predicted octanol–water partition coefficient (Wildman–Crippen LogP) is 3.48. The molecule has 110 valence electrons. The summed E-state index contributed by atoms with van der Waals surface area (Å²) >= 11 is 6.06. The molecule has 0 radical (unpaired) electrons. The van der Waals surface area contributed by atoms with Gasteiger partial charge in [0.2, 0.25) is 0 Å². The molecule has 0 aliphatic heterocycles. The van der Waals surface area contributed by atoms with Gasteiger partial charge in [0.1, 0.15) is 5.82 Å². The molecule has 0 aromatic carbocycles. The minimum atomic E-state index is -0.0818. The quantitative estimate of drug-likeness (QED) is 0.840. The number of pyridine rings is 1. The zero-order valence-electron chi connectivity index (χ0n) is 12.1. The number of rotatable bonds is 3. The van der Waals surface area contributed by atoms with Crippen molar-refractivity contribution in [1.29, 1.82) is 0 Å². The van der Waals surface area contributed by atoms with Gasteiger partial charge in [0.25, 0.3) is 5.91 Å². The number of nitrogens with one attached hydrogen (secondary N) is 2. The summed E-state index contributed by atoms with van der Waals surface area (Å²) in [5.74, 6) is 1.27. The highest BCUT2D eigenvalue weighted by Gasteiger charge is 2.19. The summed E-state index contributed by atoms with van der Waals surface area (Å²) in [6, 6.07) is 1.94. The fourth-order valence-corrected chi connectivity index (χ4v) is 2.91. The molecule has 1 aliphatic carbocycles. The summed E-state index contributed by atoms with van der Waals surface area (Å²) < 4.78 is 0. The third-order valence-corrected chi connectivity index (χ3v) is 4.22. The molecule has 2 rings (SSSR count). The van der Waals surface area contributed by atoms with Crippen molar-refractivity contribution < 1.29 is 4.79 Å². The highest BCUT2D eigenvalue weighted by atomic mass is 35.5. The fraction of sp³-hybridized carbons (Fsp3) is 0.600. The maximum Gasteiger partial charge on any atom is 0.253 e. The first-order valence-electron chi connectivity index (χ1n) is 7.24. The molecule has 1 aromatic heterocycles. The van der Waals surface area contributed by atoms with Gasteiger partial charge in [0.05, 0.1) is 10.6 Å². The molecule has 1 heterocycles. The molecule has 1 saturated carbocycles. The van der Waals surface area contributed by atoms with Gasteiger partial charge in [-0.1, -0.05) is 31.4 Å². The molecule has 2 N–H and O–H groups in total. The van der Waals surface area contributed by atoms with Crippen LogP contribution in [0.25, 0.3) is 0 Å². The first kappa shape index (κ1) is 15.1. The molecule has 2 unspecified atom stereocenters. The molecule has 1 amide bonds. The van der Waals surface area contributed by atoms with E-state index in [0.717, 1.165) is 18.8 Å². The van der Waals surface area contributed by atoms with Crippen LogP contribution in [0, 0.1) is 5.92 Å². The van der Waals surface area contributed by atoms with Gasteiger partial charge in [-0.3, -0.25) is 4.79 Å². The predicted molar refractivity (Wildman–Crippen MR) is 82.3 cm³/mol. The van der Waals surface area contributed by atoms with Crippen LogP contribution in [0.3, 0.4) is 0 Å². The zero-order valence-corrected chi connectivity index (χ0v) is 12.8. The Morgan fingerprint density at radius 3 is 2.85 bits per heavy atom. The van der Waals surface area contributed by atoms with Crippen LogP contribution in [0.2, 0.25) is 5.02 Å². The molecule has 4 nitrogen and oxygen atoms in total. The second-order valence-electron chi connectivity index (χ2n) is 5.59. The van der Waals surface area contributed by atoms with Gasteiger partial charge in [-0.2, -0.15) is 0 Å². The summed E-state index contributed by atoms with van der Waals surface area (Å²) in [6.45, 7) is 2.28. The van der Waals surface area contributed by atoms with E-state index in [0.29, 0.717) is 16.4 Å². The van der Waals surface area contributed by atoms with E-state index in [1.54, 1.807) is 19.3 Å². The van der Waals surface area contributed by atoms with E-state index in [1.807, 2.05) is 0 Å². The highest BCUT2D eigenvalue weighted by molar-refractivity contribution is 6.33. The van der Waals surface area contributed by atoms with Crippen molar-refractivity contribution in [2.75, 3.05) is 12.4 Å². The first-order chi connectivity index (χ1) is 9.60. The average Bonchev–Trinajstić information content (AvgIpc) is 2.63. The minimum absolute atomic E-state index is 0.0818. The summed E-state index contributed by atoms with van der Waals surface area (Å²) in [6.07, 6.45) is 7.31. The highest BCUT2D eigenvalue weighted by Crippen LogP contribution is 2.23. The monoisotopic (exact) mass is 295 g/mol. The van der Waals surface area contributed by atoms with E-state index < -0.39 is 0 Å². The second-order valence-corrected chi connectivity index (χ2v) is 6.00. The van der Waals surface area contributed by atoms with Crippen LogP contribution in [-0.4, -0.2) is 24.0 Å². The standard InChI is InChI=1S/C15H22ClN3O/c1-10-4-3-5-12(7-6-10)19-15(20)11-8-13(16)14(17-2)18-9-11/h8-10,12H,3-7H2,1-2H3,(H,17,18)(H,19,20). The molecule has 20 heavy (non-hydrogen) atoms. The van der Waals surface area contributed by atoms with E-state index in [2.05, 4.69) is 22.5 Å². The van der Waals surface area contributed by atoms with E-state index in [4.69, 9.17) is 11.6 Å². The van der Waals surface area contributed by atoms with E-state index in [1.165, 1.54) is 19.3 Å². The zero-order chi connectivity index (χ0) is 14.5. The molecular formula is C15H22ClN3O. The molecular weight excluding hydrogens is 274 g/mol. The largest absolute Gasteiger partial charge is 0.372 e. The number of halogens is 1. The maximum absolute atomic E-state index is 12.2. The fourth-order valence-electron chi connectivity index (χ4n) is 2.65. The number of aromatic nitrogens is 1. The van der Waals surface area contributed by atoms with Crippen LogP contribution >= 0.6 is 11.6 Å². The maximum atomic E-state index is 12.2. The Balaban J connectivity index is 1.99. The smallest absolute Gasteiger partial charge is 0.253 e. The Bertz CT molecular complexity index is 478. The second kappa shape index (κ2) is 6.93. The summed E-state index contributed by atoms with van der Waals surface area (Å²) in [5.41, 5.74) is 0.520. The van der Waals surface area contributed by atoms with E-state index in [-0.39, 0.29) is 11.9 Å².